The first-order chi connectivity index (χ1) is 13.4. The van der Waals surface area contributed by atoms with Crippen molar-refractivity contribution in [2.24, 2.45) is 0 Å². The maximum absolute atomic E-state index is 14.6. The van der Waals surface area contributed by atoms with Crippen molar-refractivity contribution in [3.05, 3.63) is 78.3 Å². The van der Waals surface area contributed by atoms with Crippen LogP contribution in [-0.4, -0.2) is 29.7 Å². The van der Waals surface area contributed by atoms with Crippen LogP contribution in [-0.2, 0) is 12.1 Å². The van der Waals surface area contributed by atoms with Crippen molar-refractivity contribution in [1.29, 1.82) is 0 Å². The number of benzene rings is 2. The number of aliphatic hydroxyl groups is 1. The van der Waals surface area contributed by atoms with Crippen molar-refractivity contribution in [3.8, 4) is 0 Å². The van der Waals surface area contributed by atoms with E-state index in [1.807, 2.05) is 0 Å². The SMILES string of the molecule is C[C@@H](n1ncc2cc(F)ccc21)[C@](O)(Cn1cncn1)c1ccc(F)cc1F. The zero-order valence-electron chi connectivity index (χ0n) is 14.8. The summed E-state index contributed by atoms with van der Waals surface area (Å²) in [6, 6.07) is 6.32. The maximum atomic E-state index is 14.6. The van der Waals surface area contributed by atoms with Crippen LogP contribution in [0.3, 0.4) is 0 Å². The zero-order chi connectivity index (χ0) is 19.9. The van der Waals surface area contributed by atoms with E-state index < -0.39 is 29.1 Å². The number of hydrogen-bond acceptors (Lipinski definition) is 4. The van der Waals surface area contributed by atoms with Gasteiger partial charge in [-0.05, 0) is 31.2 Å². The lowest BCUT2D eigenvalue weighted by Gasteiger charge is -2.35. The van der Waals surface area contributed by atoms with Gasteiger partial charge in [-0.2, -0.15) is 10.2 Å². The molecule has 1 N–H and O–H groups in total. The second-order valence-corrected chi connectivity index (χ2v) is 6.61. The Morgan fingerprint density at radius 3 is 2.54 bits per heavy atom. The van der Waals surface area contributed by atoms with Gasteiger partial charge in [-0.3, -0.25) is 4.68 Å². The number of hydrogen-bond donors (Lipinski definition) is 1. The van der Waals surface area contributed by atoms with Crippen molar-refractivity contribution < 1.29 is 18.3 Å². The van der Waals surface area contributed by atoms with Gasteiger partial charge in [0.25, 0.3) is 0 Å². The van der Waals surface area contributed by atoms with Gasteiger partial charge in [0.15, 0.2) is 0 Å². The Labute approximate surface area is 157 Å². The predicted molar refractivity (Wildman–Crippen MR) is 94.7 cm³/mol. The molecule has 0 aliphatic heterocycles. The molecule has 0 aliphatic carbocycles. The summed E-state index contributed by atoms with van der Waals surface area (Å²) in [4.78, 5) is 3.84. The molecule has 28 heavy (non-hydrogen) atoms. The summed E-state index contributed by atoms with van der Waals surface area (Å²) in [5.41, 5.74) is -1.39. The van der Waals surface area contributed by atoms with E-state index >= 15 is 0 Å². The summed E-state index contributed by atoms with van der Waals surface area (Å²) in [6.07, 6.45) is 4.14. The Bertz CT molecular complexity index is 1130. The molecule has 0 saturated heterocycles. The average molecular weight is 387 g/mol. The van der Waals surface area contributed by atoms with Gasteiger partial charge in [0, 0.05) is 17.0 Å². The van der Waals surface area contributed by atoms with Gasteiger partial charge in [0.05, 0.1) is 24.3 Å². The summed E-state index contributed by atoms with van der Waals surface area (Å²) in [5, 5.41) is 20.4. The first-order valence-corrected chi connectivity index (χ1v) is 8.51. The van der Waals surface area contributed by atoms with E-state index in [-0.39, 0.29) is 12.1 Å². The van der Waals surface area contributed by atoms with E-state index in [1.165, 1.54) is 52.5 Å². The molecule has 0 unspecified atom stereocenters. The van der Waals surface area contributed by atoms with Crippen molar-refractivity contribution in [3.63, 3.8) is 0 Å². The third kappa shape index (κ3) is 3.03. The van der Waals surface area contributed by atoms with E-state index in [2.05, 4.69) is 15.2 Å². The van der Waals surface area contributed by atoms with Crippen LogP contribution < -0.4 is 0 Å². The minimum Gasteiger partial charge on any atom is -0.381 e. The van der Waals surface area contributed by atoms with Crippen LogP contribution in [0.4, 0.5) is 13.2 Å². The molecule has 4 rings (SSSR count). The lowest BCUT2D eigenvalue weighted by atomic mass is 9.86. The first kappa shape index (κ1) is 18.2. The number of aromatic nitrogens is 5. The van der Waals surface area contributed by atoms with Crippen molar-refractivity contribution in [2.75, 3.05) is 0 Å². The molecule has 144 valence electrons. The van der Waals surface area contributed by atoms with Crippen molar-refractivity contribution >= 4 is 10.9 Å². The molecular formula is C19H16F3N5O. The molecule has 2 aromatic heterocycles. The minimum atomic E-state index is -1.85. The number of fused-ring (bicyclic) bond motifs is 1. The quantitative estimate of drug-likeness (QED) is 0.571. The summed E-state index contributed by atoms with van der Waals surface area (Å²) in [7, 11) is 0. The number of rotatable bonds is 5. The van der Waals surface area contributed by atoms with Crippen LogP contribution in [0, 0.1) is 17.5 Å². The summed E-state index contributed by atoms with van der Waals surface area (Å²) >= 11 is 0. The summed E-state index contributed by atoms with van der Waals surface area (Å²) in [6.45, 7) is 1.49. The van der Waals surface area contributed by atoms with E-state index in [0.717, 1.165) is 6.07 Å². The fourth-order valence-corrected chi connectivity index (χ4v) is 3.38. The van der Waals surface area contributed by atoms with Crippen LogP contribution in [0.5, 0.6) is 0 Å². The van der Waals surface area contributed by atoms with Crippen LogP contribution in [0.15, 0.2) is 55.2 Å². The monoisotopic (exact) mass is 387 g/mol. The Morgan fingerprint density at radius 1 is 1.07 bits per heavy atom. The molecule has 4 aromatic rings. The minimum absolute atomic E-state index is 0.109. The lowest BCUT2D eigenvalue weighted by molar-refractivity contribution is -0.0354. The molecule has 0 radical (unpaired) electrons. The lowest BCUT2D eigenvalue weighted by Crippen LogP contribution is -2.41. The average Bonchev–Trinajstić information content (AvgIpc) is 3.30. The Morgan fingerprint density at radius 2 is 1.82 bits per heavy atom. The predicted octanol–water partition coefficient (Wildman–Crippen LogP) is 3.19. The van der Waals surface area contributed by atoms with Crippen LogP contribution in [0.1, 0.15) is 18.5 Å². The maximum Gasteiger partial charge on any atom is 0.137 e. The Balaban J connectivity index is 1.86. The highest BCUT2D eigenvalue weighted by Gasteiger charge is 2.41. The molecule has 0 spiro atoms. The second-order valence-electron chi connectivity index (χ2n) is 6.61. The highest BCUT2D eigenvalue weighted by molar-refractivity contribution is 5.78. The van der Waals surface area contributed by atoms with Gasteiger partial charge in [-0.25, -0.2) is 22.8 Å². The topological polar surface area (TPSA) is 68.8 Å². The molecule has 2 heterocycles. The highest BCUT2D eigenvalue weighted by Crippen LogP contribution is 2.37. The Kier molecular flexibility index (Phi) is 4.38. The van der Waals surface area contributed by atoms with Crippen molar-refractivity contribution in [1.82, 2.24) is 24.5 Å². The van der Waals surface area contributed by atoms with E-state index in [4.69, 9.17) is 0 Å². The van der Waals surface area contributed by atoms with Crippen LogP contribution in [0.2, 0.25) is 0 Å². The second kappa shape index (κ2) is 6.75. The molecule has 0 fully saturated rings. The molecular weight excluding hydrogens is 371 g/mol. The largest absolute Gasteiger partial charge is 0.381 e. The molecule has 0 bridgehead atoms. The third-order valence-corrected chi connectivity index (χ3v) is 4.88. The van der Waals surface area contributed by atoms with Gasteiger partial charge < -0.3 is 5.11 Å². The number of halogens is 3. The van der Waals surface area contributed by atoms with Crippen molar-refractivity contribution in [2.45, 2.75) is 25.1 Å². The van der Waals surface area contributed by atoms with E-state index in [9.17, 15) is 18.3 Å². The van der Waals surface area contributed by atoms with Gasteiger partial charge in [0.1, 0.15) is 35.7 Å². The van der Waals surface area contributed by atoms with Gasteiger partial charge >= 0.3 is 0 Å². The first-order valence-electron chi connectivity index (χ1n) is 8.51. The molecule has 0 saturated carbocycles. The molecule has 6 nitrogen and oxygen atoms in total. The molecule has 0 amide bonds. The van der Waals surface area contributed by atoms with Gasteiger partial charge in [-0.1, -0.05) is 6.07 Å². The summed E-state index contributed by atoms with van der Waals surface area (Å²) in [5.74, 6) is -2.06. The van der Waals surface area contributed by atoms with Gasteiger partial charge in [0.2, 0.25) is 0 Å². The molecule has 9 heteroatoms. The number of nitrogens with zero attached hydrogens (tertiary/aromatic N) is 5. The third-order valence-electron chi connectivity index (χ3n) is 4.88. The smallest absolute Gasteiger partial charge is 0.137 e. The highest BCUT2D eigenvalue weighted by atomic mass is 19.1. The standard InChI is InChI=1S/C19H16F3N5O/c1-12(27-18-5-3-14(20)6-13(18)8-24-27)19(28,9-26-11-23-10-25-26)16-4-2-15(21)7-17(16)22/h2-8,10-12,28H,9H2,1H3/t12-,19-/m1/s1. The van der Waals surface area contributed by atoms with Crippen LogP contribution >= 0.6 is 0 Å². The fraction of sp³-hybridized carbons (Fsp3) is 0.211. The normalized spacial score (nSPS) is 14.9. The molecule has 2 atom stereocenters. The van der Waals surface area contributed by atoms with E-state index in [0.29, 0.717) is 17.0 Å². The Hall–Kier alpha value is -3.20. The fourth-order valence-electron chi connectivity index (χ4n) is 3.38. The van der Waals surface area contributed by atoms with Crippen LogP contribution in [0.25, 0.3) is 10.9 Å². The zero-order valence-corrected chi connectivity index (χ0v) is 14.8. The van der Waals surface area contributed by atoms with E-state index in [1.54, 1.807) is 6.92 Å². The molecule has 0 aliphatic rings. The summed E-state index contributed by atoms with van der Waals surface area (Å²) < 4.78 is 44.4. The molecule has 2 aromatic carbocycles. The van der Waals surface area contributed by atoms with Gasteiger partial charge in [-0.15, -0.1) is 0 Å².